The maximum Gasteiger partial charge on any atom is 0.0641 e. The molecule has 0 aliphatic rings. The molecule has 9 aromatic rings. The van der Waals surface area contributed by atoms with E-state index in [1.165, 1.54) is 65.9 Å². The van der Waals surface area contributed by atoms with E-state index >= 15 is 0 Å². The zero-order chi connectivity index (χ0) is 29.0. The van der Waals surface area contributed by atoms with Crippen molar-refractivity contribution in [3.05, 3.63) is 170 Å². The van der Waals surface area contributed by atoms with E-state index in [4.69, 9.17) is 0 Å². The summed E-state index contributed by atoms with van der Waals surface area (Å²) in [5, 5.41) is 5.04. The molecule has 9 rings (SSSR count). The molecule has 7 aromatic carbocycles. The van der Waals surface area contributed by atoms with Crippen LogP contribution in [0.2, 0.25) is 0 Å². The van der Waals surface area contributed by atoms with Gasteiger partial charge >= 0.3 is 0 Å². The van der Waals surface area contributed by atoms with Gasteiger partial charge in [-0.3, -0.25) is 0 Å². The van der Waals surface area contributed by atoms with Gasteiger partial charge in [-0.1, -0.05) is 121 Å². The lowest BCUT2D eigenvalue weighted by molar-refractivity contribution is 1.17. The smallest absolute Gasteiger partial charge is 0.0641 e. The maximum absolute atomic E-state index is 2.46. The van der Waals surface area contributed by atoms with Crippen molar-refractivity contribution in [3.8, 4) is 33.6 Å². The van der Waals surface area contributed by atoms with Crippen molar-refractivity contribution in [2.45, 2.75) is 0 Å². The number of nitrogens with zero attached hydrogens (tertiary/aromatic N) is 2. The molecule has 0 amide bonds. The summed E-state index contributed by atoms with van der Waals surface area (Å²) < 4.78 is 4.89. The van der Waals surface area contributed by atoms with Crippen LogP contribution in [0, 0.1) is 0 Å². The number of aromatic nitrogens is 2. The normalized spacial score (nSPS) is 11.6. The van der Waals surface area contributed by atoms with Gasteiger partial charge in [0.05, 0.1) is 22.1 Å². The molecule has 0 unspecified atom stereocenters. The Kier molecular flexibility index (Phi) is 5.54. The minimum absolute atomic E-state index is 1.16. The van der Waals surface area contributed by atoms with Gasteiger partial charge in [0.2, 0.25) is 0 Å². The predicted octanol–water partition coefficient (Wildman–Crippen LogP) is 11.2. The zero-order valence-electron chi connectivity index (χ0n) is 24.1. The quantitative estimate of drug-likeness (QED) is 0.203. The first-order valence-corrected chi connectivity index (χ1v) is 15.1. The number of para-hydroxylation sites is 2. The first-order chi connectivity index (χ1) is 21.8. The van der Waals surface area contributed by atoms with Gasteiger partial charge in [0, 0.05) is 32.9 Å². The third-order valence-electron chi connectivity index (χ3n) is 8.90. The van der Waals surface area contributed by atoms with Crippen LogP contribution < -0.4 is 0 Å². The second-order valence-electron chi connectivity index (χ2n) is 11.4. The molecule has 2 heterocycles. The summed E-state index contributed by atoms with van der Waals surface area (Å²) >= 11 is 0. The maximum atomic E-state index is 2.46. The fraction of sp³-hybridized carbons (Fsp3) is 0. The standard InChI is InChI=1S/C42H28N2/c1-4-13-29(14-5-1)31-17-12-20-34(27-31)43-38-22-11-10-21-36(38)41-40(43)26-24-35-37-28-32(30-15-6-2-7-16-30)23-25-39(37)44(42(35)41)33-18-8-3-9-19-33/h1-28H. The molecule has 206 valence electrons. The summed E-state index contributed by atoms with van der Waals surface area (Å²) in [5.74, 6) is 0. The molecule has 0 bridgehead atoms. The highest BCUT2D eigenvalue weighted by Crippen LogP contribution is 2.43. The molecule has 0 aliphatic carbocycles. The minimum Gasteiger partial charge on any atom is -0.309 e. The van der Waals surface area contributed by atoms with Crippen LogP contribution in [0.4, 0.5) is 0 Å². The minimum atomic E-state index is 1.16. The van der Waals surface area contributed by atoms with Crippen molar-refractivity contribution in [1.29, 1.82) is 0 Å². The summed E-state index contributed by atoms with van der Waals surface area (Å²) in [7, 11) is 0. The Morgan fingerprint density at radius 1 is 0.295 bits per heavy atom. The molecular formula is C42H28N2. The first-order valence-electron chi connectivity index (χ1n) is 15.1. The van der Waals surface area contributed by atoms with Gasteiger partial charge in [-0.15, -0.1) is 0 Å². The Morgan fingerprint density at radius 3 is 1.61 bits per heavy atom. The number of rotatable bonds is 4. The van der Waals surface area contributed by atoms with E-state index < -0.39 is 0 Å². The number of hydrogen-bond donors (Lipinski definition) is 0. The predicted molar refractivity (Wildman–Crippen MR) is 186 cm³/mol. The van der Waals surface area contributed by atoms with Crippen LogP contribution in [0.15, 0.2) is 170 Å². The van der Waals surface area contributed by atoms with Crippen molar-refractivity contribution < 1.29 is 0 Å². The lowest BCUT2D eigenvalue weighted by Gasteiger charge is -2.11. The van der Waals surface area contributed by atoms with E-state index in [9.17, 15) is 0 Å². The third-order valence-corrected chi connectivity index (χ3v) is 8.90. The number of benzene rings is 7. The van der Waals surface area contributed by atoms with Crippen molar-refractivity contribution in [2.75, 3.05) is 0 Å². The van der Waals surface area contributed by atoms with Crippen LogP contribution in [-0.4, -0.2) is 9.13 Å². The van der Waals surface area contributed by atoms with E-state index in [0.29, 0.717) is 0 Å². The summed E-state index contributed by atoms with van der Waals surface area (Å²) in [4.78, 5) is 0. The topological polar surface area (TPSA) is 9.86 Å². The lowest BCUT2D eigenvalue weighted by Crippen LogP contribution is -1.95. The van der Waals surface area contributed by atoms with Crippen LogP contribution >= 0.6 is 0 Å². The highest BCUT2D eigenvalue weighted by molar-refractivity contribution is 6.26. The molecule has 0 saturated heterocycles. The Labute approximate surface area is 255 Å². The fourth-order valence-electron chi connectivity index (χ4n) is 6.95. The van der Waals surface area contributed by atoms with E-state index in [1.54, 1.807) is 0 Å². The van der Waals surface area contributed by atoms with E-state index in [-0.39, 0.29) is 0 Å². The SMILES string of the molecule is c1ccc(-c2cccc(-n3c4ccccc4c4c3ccc3c5cc(-c6ccccc6)ccc5n(-c5ccccc5)c34)c2)cc1. The van der Waals surface area contributed by atoms with Crippen molar-refractivity contribution >= 4 is 43.6 Å². The number of fused-ring (bicyclic) bond motifs is 7. The molecular weight excluding hydrogens is 532 g/mol. The summed E-state index contributed by atoms with van der Waals surface area (Å²) in [5.41, 5.74) is 12.1. The molecule has 0 atom stereocenters. The molecule has 2 aromatic heterocycles. The van der Waals surface area contributed by atoms with Crippen molar-refractivity contribution in [1.82, 2.24) is 9.13 Å². The Balaban J connectivity index is 1.41. The van der Waals surface area contributed by atoms with Crippen LogP contribution in [0.25, 0.3) is 77.2 Å². The molecule has 0 fully saturated rings. The Morgan fingerprint density at radius 2 is 0.864 bits per heavy atom. The summed E-state index contributed by atoms with van der Waals surface area (Å²) in [6.45, 7) is 0. The highest BCUT2D eigenvalue weighted by atomic mass is 15.0. The largest absolute Gasteiger partial charge is 0.309 e. The van der Waals surface area contributed by atoms with E-state index in [1.807, 2.05) is 0 Å². The van der Waals surface area contributed by atoms with Gasteiger partial charge in [-0.05, 0) is 70.8 Å². The Bertz CT molecular complexity index is 2470. The van der Waals surface area contributed by atoms with Gasteiger partial charge in [0.1, 0.15) is 0 Å². The van der Waals surface area contributed by atoms with Gasteiger partial charge in [0.25, 0.3) is 0 Å². The first kappa shape index (κ1) is 24.7. The van der Waals surface area contributed by atoms with Gasteiger partial charge in [-0.25, -0.2) is 0 Å². The van der Waals surface area contributed by atoms with Crippen LogP contribution in [0.1, 0.15) is 0 Å². The van der Waals surface area contributed by atoms with Crippen LogP contribution in [0.3, 0.4) is 0 Å². The average molecular weight is 561 g/mol. The van der Waals surface area contributed by atoms with E-state index in [0.717, 1.165) is 11.4 Å². The summed E-state index contributed by atoms with van der Waals surface area (Å²) in [6.07, 6.45) is 0. The average Bonchev–Trinajstić information content (AvgIpc) is 3.62. The van der Waals surface area contributed by atoms with Gasteiger partial charge in [-0.2, -0.15) is 0 Å². The molecule has 44 heavy (non-hydrogen) atoms. The molecule has 2 heteroatoms. The highest BCUT2D eigenvalue weighted by Gasteiger charge is 2.21. The van der Waals surface area contributed by atoms with Crippen molar-refractivity contribution in [3.63, 3.8) is 0 Å². The van der Waals surface area contributed by atoms with Gasteiger partial charge in [0.15, 0.2) is 0 Å². The monoisotopic (exact) mass is 560 g/mol. The lowest BCUT2D eigenvalue weighted by atomic mass is 10.0. The van der Waals surface area contributed by atoms with Crippen LogP contribution in [-0.2, 0) is 0 Å². The second-order valence-corrected chi connectivity index (χ2v) is 11.4. The number of hydrogen-bond acceptors (Lipinski definition) is 0. The second kappa shape index (κ2) is 9.86. The van der Waals surface area contributed by atoms with Gasteiger partial charge < -0.3 is 9.13 Å². The van der Waals surface area contributed by atoms with Crippen molar-refractivity contribution in [2.24, 2.45) is 0 Å². The molecule has 0 N–H and O–H groups in total. The molecule has 0 saturated carbocycles. The fourth-order valence-corrected chi connectivity index (χ4v) is 6.95. The zero-order valence-corrected chi connectivity index (χ0v) is 24.1. The van der Waals surface area contributed by atoms with E-state index in [2.05, 4.69) is 179 Å². The Hall–Kier alpha value is -5.86. The molecule has 0 aliphatic heterocycles. The molecule has 0 radical (unpaired) electrons. The molecule has 2 nitrogen and oxygen atoms in total. The molecule has 0 spiro atoms. The third kappa shape index (κ3) is 3.75. The summed E-state index contributed by atoms with van der Waals surface area (Å²) in [6, 6.07) is 61.4. The van der Waals surface area contributed by atoms with Crippen LogP contribution in [0.5, 0.6) is 0 Å².